The van der Waals surface area contributed by atoms with Gasteiger partial charge < -0.3 is 0 Å². The summed E-state index contributed by atoms with van der Waals surface area (Å²) in [5, 5.41) is 0. The maximum Gasteiger partial charge on any atom is 0.164 e. The first kappa shape index (κ1) is 28.5. The van der Waals surface area contributed by atoms with Gasteiger partial charge in [-0.3, -0.25) is 0 Å². The lowest BCUT2D eigenvalue weighted by Gasteiger charge is -2.36. The van der Waals surface area contributed by atoms with Gasteiger partial charge in [0.2, 0.25) is 0 Å². The molecule has 230 valence electrons. The van der Waals surface area contributed by atoms with Crippen LogP contribution in [0.5, 0.6) is 0 Å². The summed E-state index contributed by atoms with van der Waals surface area (Å²) < 4.78 is 0. The van der Waals surface area contributed by atoms with Gasteiger partial charge in [0.1, 0.15) is 0 Å². The topological polar surface area (TPSA) is 38.7 Å². The Labute approximate surface area is 282 Å². The van der Waals surface area contributed by atoms with Crippen LogP contribution in [-0.2, 0) is 5.41 Å². The first-order valence-corrected chi connectivity index (χ1v) is 17.1. The van der Waals surface area contributed by atoms with Crippen LogP contribution in [0.25, 0.3) is 67.5 Å². The lowest BCUT2D eigenvalue weighted by molar-refractivity contribution is 0.353. The van der Waals surface area contributed by atoms with Gasteiger partial charge in [0.05, 0.1) is 0 Å². The largest absolute Gasteiger partial charge is 0.208 e. The molecule has 1 saturated carbocycles. The molecule has 0 bridgehead atoms. The van der Waals surface area contributed by atoms with Gasteiger partial charge in [-0.1, -0.05) is 165 Å². The molecule has 9 rings (SSSR count). The maximum atomic E-state index is 4.89. The molecule has 1 spiro atoms. The van der Waals surface area contributed by atoms with E-state index in [1.807, 2.05) is 60.7 Å². The van der Waals surface area contributed by atoms with Gasteiger partial charge in [-0.05, 0) is 63.4 Å². The van der Waals surface area contributed by atoms with E-state index in [1.165, 1.54) is 65.5 Å². The van der Waals surface area contributed by atoms with E-state index in [2.05, 4.69) is 91.0 Å². The monoisotopic (exact) mass is 617 g/mol. The Hall–Kier alpha value is -5.67. The van der Waals surface area contributed by atoms with E-state index in [4.69, 9.17) is 15.0 Å². The molecule has 1 fully saturated rings. The predicted molar refractivity (Wildman–Crippen MR) is 196 cm³/mol. The molecule has 6 aromatic carbocycles. The molecule has 0 saturated heterocycles. The Morgan fingerprint density at radius 2 is 0.750 bits per heavy atom. The zero-order valence-corrected chi connectivity index (χ0v) is 26.8. The van der Waals surface area contributed by atoms with Crippen LogP contribution in [0, 0.1) is 0 Å². The van der Waals surface area contributed by atoms with Gasteiger partial charge in [-0.15, -0.1) is 0 Å². The Morgan fingerprint density at radius 3 is 1.31 bits per heavy atom. The van der Waals surface area contributed by atoms with E-state index in [0.717, 1.165) is 22.3 Å². The number of nitrogens with zero attached hydrogens (tertiary/aromatic N) is 3. The van der Waals surface area contributed by atoms with Crippen LogP contribution in [0.2, 0.25) is 0 Å². The second-order valence-electron chi connectivity index (χ2n) is 13.1. The van der Waals surface area contributed by atoms with Crippen molar-refractivity contribution in [1.29, 1.82) is 0 Å². The number of benzene rings is 6. The van der Waals surface area contributed by atoms with Crippen LogP contribution >= 0.6 is 0 Å². The third-order valence-electron chi connectivity index (χ3n) is 10.4. The predicted octanol–water partition coefficient (Wildman–Crippen LogP) is 11.4. The molecule has 3 heteroatoms. The third kappa shape index (κ3) is 4.94. The minimum absolute atomic E-state index is 0.201. The number of rotatable bonds is 5. The van der Waals surface area contributed by atoms with Crippen LogP contribution in [-0.4, -0.2) is 15.0 Å². The highest BCUT2D eigenvalue weighted by atomic mass is 15.0. The van der Waals surface area contributed by atoms with Crippen molar-refractivity contribution in [2.24, 2.45) is 0 Å². The van der Waals surface area contributed by atoms with E-state index in [-0.39, 0.29) is 5.41 Å². The number of fused-ring (bicyclic) bond motifs is 5. The van der Waals surface area contributed by atoms with Gasteiger partial charge in [-0.25, -0.2) is 15.0 Å². The Balaban J connectivity index is 1.01. The fourth-order valence-electron chi connectivity index (χ4n) is 7.94. The summed E-state index contributed by atoms with van der Waals surface area (Å²) >= 11 is 0. The molecule has 0 unspecified atom stereocenters. The molecular formula is C45H35N3. The van der Waals surface area contributed by atoms with Gasteiger partial charge in [0.15, 0.2) is 17.5 Å². The van der Waals surface area contributed by atoms with Crippen LogP contribution in [0.15, 0.2) is 152 Å². The molecule has 2 aliphatic rings. The highest BCUT2D eigenvalue weighted by Gasteiger charge is 2.43. The smallest absolute Gasteiger partial charge is 0.164 e. The zero-order valence-electron chi connectivity index (χ0n) is 26.8. The minimum atomic E-state index is 0.201. The summed E-state index contributed by atoms with van der Waals surface area (Å²) in [5.41, 5.74) is 13.9. The van der Waals surface area contributed by atoms with Gasteiger partial charge in [0.25, 0.3) is 0 Å². The van der Waals surface area contributed by atoms with E-state index < -0.39 is 0 Å². The highest BCUT2D eigenvalue weighted by molar-refractivity contribution is 5.85. The number of hydrogen-bond donors (Lipinski definition) is 0. The lowest BCUT2D eigenvalue weighted by atomic mass is 9.68. The summed E-state index contributed by atoms with van der Waals surface area (Å²) in [6.07, 6.45) is 6.52. The molecule has 0 radical (unpaired) electrons. The van der Waals surface area contributed by atoms with E-state index in [9.17, 15) is 0 Å². The highest BCUT2D eigenvalue weighted by Crippen LogP contribution is 2.56. The quantitative estimate of drug-likeness (QED) is 0.193. The molecule has 48 heavy (non-hydrogen) atoms. The SMILES string of the molecule is c1ccc(-c2nc(-c3ccccc3)nc(-c3ccc(-c4ccc(-c5ccc6c(c5)-c5ccccc5C65CCCCC5)cc4)cc3)n2)cc1. The Morgan fingerprint density at radius 1 is 0.333 bits per heavy atom. The molecule has 0 amide bonds. The first-order valence-electron chi connectivity index (χ1n) is 17.1. The Bertz CT molecular complexity index is 2170. The van der Waals surface area contributed by atoms with Crippen molar-refractivity contribution in [3.8, 4) is 67.5 Å². The van der Waals surface area contributed by atoms with Crippen molar-refractivity contribution >= 4 is 0 Å². The van der Waals surface area contributed by atoms with Crippen molar-refractivity contribution < 1.29 is 0 Å². The molecule has 0 atom stereocenters. The lowest BCUT2D eigenvalue weighted by Crippen LogP contribution is -2.27. The second kappa shape index (κ2) is 11.8. The average molecular weight is 618 g/mol. The summed E-state index contributed by atoms with van der Waals surface area (Å²) in [4.78, 5) is 14.6. The van der Waals surface area contributed by atoms with Crippen molar-refractivity contribution in [2.45, 2.75) is 37.5 Å². The summed E-state index contributed by atoms with van der Waals surface area (Å²) in [6, 6.07) is 54.1. The molecular weight excluding hydrogens is 583 g/mol. The summed E-state index contributed by atoms with van der Waals surface area (Å²) in [7, 11) is 0. The van der Waals surface area contributed by atoms with Crippen LogP contribution < -0.4 is 0 Å². The zero-order chi connectivity index (χ0) is 31.9. The summed E-state index contributed by atoms with van der Waals surface area (Å²) in [6.45, 7) is 0. The normalized spacial score (nSPS) is 14.4. The third-order valence-corrected chi connectivity index (χ3v) is 10.4. The molecule has 0 N–H and O–H groups in total. The van der Waals surface area contributed by atoms with Gasteiger partial charge in [-0.2, -0.15) is 0 Å². The molecule has 3 nitrogen and oxygen atoms in total. The van der Waals surface area contributed by atoms with E-state index >= 15 is 0 Å². The molecule has 2 aliphatic carbocycles. The Kier molecular flexibility index (Phi) is 7.04. The molecule has 1 heterocycles. The van der Waals surface area contributed by atoms with Crippen molar-refractivity contribution in [2.75, 3.05) is 0 Å². The summed E-state index contributed by atoms with van der Waals surface area (Å²) in [5.74, 6) is 2.00. The van der Waals surface area contributed by atoms with E-state index in [0.29, 0.717) is 17.5 Å². The van der Waals surface area contributed by atoms with Gasteiger partial charge >= 0.3 is 0 Å². The van der Waals surface area contributed by atoms with E-state index in [1.54, 1.807) is 5.56 Å². The fraction of sp³-hybridized carbons (Fsp3) is 0.133. The van der Waals surface area contributed by atoms with Crippen molar-refractivity contribution in [3.63, 3.8) is 0 Å². The number of aromatic nitrogens is 3. The van der Waals surface area contributed by atoms with Crippen LogP contribution in [0.3, 0.4) is 0 Å². The van der Waals surface area contributed by atoms with Crippen molar-refractivity contribution in [3.05, 3.63) is 163 Å². The van der Waals surface area contributed by atoms with Crippen molar-refractivity contribution in [1.82, 2.24) is 15.0 Å². The van der Waals surface area contributed by atoms with Gasteiger partial charge in [0, 0.05) is 22.1 Å². The minimum Gasteiger partial charge on any atom is -0.208 e. The second-order valence-corrected chi connectivity index (χ2v) is 13.1. The van der Waals surface area contributed by atoms with Crippen LogP contribution in [0.4, 0.5) is 0 Å². The molecule has 7 aromatic rings. The number of hydrogen-bond acceptors (Lipinski definition) is 3. The maximum absolute atomic E-state index is 4.89. The van der Waals surface area contributed by atoms with Crippen LogP contribution in [0.1, 0.15) is 43.2 Å². The average Bonchev–Trinajstić information content (AvgIpc) is 3.43. The fourth-order valence-corrected chi connectivity index (χ4v) is 7.94. The standard InChI is InChI=1S/C45H35N3/c1-4-12-34(13-5-1)42-46-43(35-14-6-2-7-15-35)48-44(47-42)36-24-22-32(23-25-36)31-18-20-33(21-19-31)37-26-27-41-39(30-37)38-16-8-9-17-40(38)45(41)28-10-3-11-29-45/h1-2,4-9,12-27,30H,3,10-11,28-29H2. The molecule has 1 aromatic heterocycles. The molecule has 0 aliphatic heterocycles. The first-order chi connectivity index (χ1) is 23.7.